The molecule has 0 atom stereocenters. The number of carbonyl (C=O) groups is 1. The molecule has 0 saturated heterocycles. The monoisotopic (exact) mass is 429 g/mol. The third-order valence-corrected chi connectivity index (χ3v) is 5.19. The van der Waals surface area contributed by atoms with Gasteiger partial charge in [-0.3, -0.25) is 4.79 Å². The third-order valence-electron chi connectivity index (χ3n) is 4.01. The first-order valence-corrected chi connectivity index (χ1v) is 10.0. The fourth-order valence-electron chi connectivity index (χ4n) is 2.35. The summed E-state index contributed by atoms with van der Waals surface area (Å²) in [5.74, 6) is 6.20. The average molecular weight is 430 g/mol. The van der Waals surface area contributed by atoms with Gasteiger partial charge in [-0.15, -0.1) is 10.2 Å². The number of amides is 1. The summed E-state index contributed by atoms with van der Waals surface area (Å²) in [6, 6.07) is 13.0. The minimum atomic E-state index is -0.158. The summed E-state index contributed by atoms with van der Waals surface area (Å²) in [4.78, 5) is 12.2. The van der Waals surface area contributed by atoms with E-state index in [1.54, 1.807) is 18.3 Å². The molecule has 1 amide bonds. The van der Waals surface area contributed by atoms with Crippen LogP contribution in [0.3, 0.4) is 0 Å². The Kier molecular flexibility index (Phi) is 6.73. The molecule has 0 bridgehead atoms. The van der Waals surface area contributed by atoms with Crippen LogP contribution in [0.25, 0.3) is 0 Å². The van der Waals surface area contributed by atoms with Crippen molar-refractivity contribution < 1.29 is 4.79 Å². The second-order valence-electron chi connectivity index (χ2n) is 6.24. The number of hydrazone groups is 1. The van der Waals surface area contributed by atoms with Crippen molar-refractivity contribution in [3.63, 3.8) is 0 Å². The molecule has 10 heteroatoms. The van der Waals surface area contributed by atoms with Gasteiger partial charge in [0.15, 0.2) is 0 Å². The van der Waals surface area contributed by atoms with Crippen molar-refractivity contribution in [2.75, 3.05) is 22.3 Å². The Morgan fingerprint density at radius 1 is 1.24 bits per heavy atom. The lowest BCUT2D eigenvalue weighted by Gasteiger charge is -2.07. The highest BCUT2D eigenvalue weighted by molar-refractivity contribution is 7.99. The van der Waals surface area contributed by atoms with Crippen LogP contribution in [-0.4, -0.2) is 32.7 Å². The normalized spacial score (nSPS) is 11.0. The van der Waals surface area contributed by atoms with E-state index in [-0.39, 0.29) is 17.6 Å². The van der Waals surface area contributed by atoms with Gasteiger partial charge in [0.1, 0.15) is 0 Å². The smallest absolute Gasteiger partial charge is 0.264 e. The lowest BCUT2D eigenvalue weighted by Crippen LogP contribution is -2.17. The third kappa shape index (κ3) is 5.72. The number of nitrogen functional groups attached to an aromatic ring is 1. The molecule has 0 aliphatic rings. The van der Waals surface area contributed by atoms with Gasteiger partial charge in [0.2, 0.25) is 11.1 Å². The molecule has 1 heterocycles. The zero-order valence-electron chi connectivity index (χ0n) is 15.9. The predicted octanol–water partition coefficient (Wildman–Crippen LogP) is 3.44. The highest BCUT2D eigenvalue weighted by atomic mass is 35.5. The van der Waals surface area contributed by atoms with Crippen LogP contribution in [-0.2, 0) is 4.79 Å². The van der Waals surface area contributed by atoms with Gasteiger partial charge in [0.25, 0.3) is 5.95 Å². The van der Waals surface area contributed by atoms with E-state index < -0.39 is 0 Å². The average Bonchev–Trinajstić information content (AvgIpc) is 3.03. The molecule has 0 spiro atoms. The van der Waals surface area contributed by atoms with Crippen molar-refractivity contribution in [2.45, 2.75) is 19.0 Å². The summed E-state index contributed by atoms with van der Waals surface area (Å²) >= 11 is 7.11. The molecule has 3 rings (SSSR count). The summed E-state index contributed by atoms with van der Waals surface area (Å²) in [7, 11) is 0. The number of aryl methyl sites for hydroxylation is 2. The number of nitrogens with one attached hydrogen (secondary N) is 2. The van der Waals surface area contributed by atoms with Crippen molar-refractivity contribution in [3.8, 4) is 0 Å². The van der Waals surface area contributed by atoms with Crippen LogP contribution in [0, 0.1) is 13.8 Å². The fourth-order valence-corrected chi connectivity index (χ4v) is 3.20. The van der Waals surface area contributed by atoms with Gasteiger partial charge < -0.3 is 11.2 Å². The molecule has 29 heavy (non-hydrogen) atoms. The molecule has 0 aliphatic carbocycles. The molecule has 0 fully saturated rings. The number of nitrogens with two attached hydrogens (primary N) is 1. The maximum absolute atomic E-state index is 12.2. The summed E-state index contributed by atoms with van der Waals surface area (Å²) in [5.41, 5.74) is 6.59. The summed E-state index contributed by atoms with van der Waals surface area (Å²) < 4.78 is 1.24. The maximum Gasteiger partial charge on any atom is 0.264 e. The van der Waals surface area contributed by atoms with E-state index in [1.165, 1.54) is 22.0 Å². The van der Waals surface area contributed by atoms with Crippen molar-refractivity contribution >= 4 is 47.1 Å². The number of halogens is 1. The van der Waals surface area contributed by atoms with Crippen LogP contribution in [0.5, 0.6) is 0 Å². The molecule has 0 unspecified atom stereocenters. The largest absolute Gasteiger partial charge is 0.334 e. The Morgan fingerprint density at radius 2 is 2.07 bits per heavy atom. The summed E-state index contributed by atoms with van der Waals surface area (Å²) in [5, 5.41) is 15.8. The molecule has 4 N–H and O–H groups in total. The minimum Gasteiger partial charge on any atom is -0.334 e. The zero-order valence-corrected chi connectivity index (χ0v) is 17.5. The molecule has 8 nitrogen and oxygen atoms in total. The van der Waals surface area contributed by atoms with Gasteiger partial charge in [-0.25, -0.2) is 10.1 Å². The quantitative estimate of drug-likeness (QED) is 0.229. The summed E-state index contributed by atoms with van der Waals surface area (Å²) in [6.45, 7) is 4.02. The maximum atomic E-state index is 12.2. The number of benzene rings is 2. The van der Waals surface area contributed by atoms with Crippen molar-refractivity contribution in [3.05, 3.63) is 64.2 Å². The topological polar surface area (TPSA) is 110 Å². The van der Waals surface area contributed by atoms with Gasteiger partial charge in [-0.05, 0) is 54.8 Å². The van der Waals surface area contributed by atoms with Gasteiger partial charge in [0, 0.05) is 10.7 Å². The Balaban J connectivity index is 1.53. The second-order valence-corrected chi connectivity index (χ2v) is 7.62. The lowest BCUT2D eigenvalue weighted by molar-refractivity contribution is -0.113. The van der Waals surface area contributed by atoms with Crippen molar-refractivity contribution in [2.24, 2.45) is 5.10 Å². The number of hydrogen-bond donors (Lipinski definition) is 3. The van der Waals surface area contributed by atoms with Gasteiger partial charge in [0.05, 0.1) is 12.0 Å². The van der Waals surface area contributed by atoms with Crippen LogP contribution in [0.2, 0.25) is 5.02 Å². The molecule has 0 aliphatic heterocycles. The van der Waals surface area contributed by atoms with Crippen LogP contribution in [0.1, 0.15) is 16.7 Å². The second kappa shape index (κ2) is 9.44. The number of anilines is 2. The van der Waals surface area contributed by atoms with Crippen LogP contribution in [0.15, 0.2) is 52.7 Å². The number of thioether (sulfide) groups is 1. The Morgan fingerprint density at radius 3 is 2.83 bits per heavy atom. The van der Waals surface area contributed by atoms with Gasteiger partial charge in [-0.2, -0.15) is 5.10 Å². The highest BCUT2D eigenvalue weighted by Gasteiger charge is 2.12. The van der Waals surface area contributed by atoms with E-state index in [1.807, 2.05) is 44.2 Å². The number of nitrogens with zero attached hydrogens (tertiary/aromatic N) is 4. The Labute approximate surface area is 177 Å². The van der Waals surface area contributed by atoms with E-state index in [4.69, 9.17) is 17.4 Å². The molecule has 3 aromatic rings. The zero-order chi connectivity index (χ0) is 20.8. The molecule has 0 radical (unpaired) electrons. The number of hydrogen-bond acceptors (Lipinski definition) is 7. The van der Waals surface area contributed by atoms with Crippen LogP contribution < -0.4 is 16.6 Å². The molecule has 2 aromatic carbocycles. The highest BCUT2D eigenvalue weighted by Crippen LogP contribution is 2.18. The van der Waals surface area contributed by atoms with E-state index in [0.29, 0.717) is 10.2 Å². The van der Waals surface area contributed by atoms with Gasteiger partial charge in [-0.1, -0.05) is 41.6 Å². The predicted molar refractivity (Wildman–Crippen MR) is 118 cm³/mol. The number of carbonyl (C=O) groups excluding carboxylic acids is 1. The first-order chi connectivity index (χ1) is 13.9. The van der Waals surface area contributed by atoms with Crippen LogP contribution >= 0.6 is 23.4 Å². The fraction of sp³-hybridized carbons (Fsp3) is 0.158. The molecule has 150 valence electrons. The molecular weight excluding hydrogens is 410 g/mol. The SMILES string of the molecule is Cc1ccc(NC(=O)CSc2nnc(N/N=C/c3cccc(Cl)c3)n2N)cc1C. The minimum absolute atomic E-state index is 0.147. The van der Waals surface area contributed by atoms with E-state index in [9.17, 15) is 4.79 Å². The van der Waals surface area contributed by atoms with Crippen molar-refractivity contribution in [1.29, 1.82) is 0 Å². The van der Waals surface area contributed by atoms with E-state index in [0.717, 1.165) is 16.8 Å². The summed E-state index contributed by atoms with van der Waals surface area (Å²) in [6.07, 6.45) is 1.59. The van der Waals surface area contributed by atoms with Crippen molar-refractivity contribution in [1.82, 2.24) is 14.9 Å². The van der Waals surface area contributed by atoms with E-state index in [2.05, 4.69) is 26.0 Å². The van der Waals surface area contributed by atoms with Crippen LogP contribution in [0.4, 0.5) is 11.6 Å². The standard InChI is InChI=1S/C19H20ClN7OS/c1-12-6-7-16(8-13(12)2)23-17(28)11-29-19-26-25-18(27(19)21)24-22-10-14-4-3-5-15(20)9-14/h3-10H,11,21H2,1-2H3,(H,23,28)(H,24,25)/b22-10+. The molecule has 0 saturated carbocycles. The number of aromatic nitrogens is 3. The molecular formula is C19H20ClN7OS. The molecule has 1 aromatic heterocycles. The first kappa shape index (κ1) is 20.7. The number of rotatable bonds is 7. The van der Waals surface area contributed by atoms with Gasteiger partial charge >= 0.3 is 0 Å². The Hall–Kier alpha value is -3.04. The Bertz CT molecular complexity index is 1050. The lowest BCUT2D eigenvalue weighted by atomic mass is 10.1. The first-order valence-electron chi connectivity index (χ1n) is 8.67. The van der Waals surface area contributed by atoms with E-state index >= 15 is 0 Å².